The van der Waals surface area contributed by atoms with Gasteiger partial charge in [0.25, 0.3) is 0 Å². The zero-order chi connectivity index (χ0) is 13.1. The lowest BCUT2D eigenvalue weighted by atomic mass is 10.1. The minimum absolute atomic E-state index is 0.833. The predicted octanol–water partition coefficient (Wildman–Crippen LogP) is 3.19. The van der Waals surface area contributed by atoms with E-state index < -0.39 is 0 Å². The molecule has 0 saturated heterocycles. The van der Waals surface area contributed by atoms with E-state index in [4.69, 9.17) is 0 Å². The van der Waals surface area contributed by atoms with Crippen molar-refractivity contribution in [3.05, 3.63) is 41.2 Å². The molecule has 0 unspecified atom stereocenters. The molecule has 0 aliphatic rings. The fourth-order valence-electron chi connectivity index (χ4n) is 2.01. The Bertz CT molecular complexity index is 543. The second-order valence-corrected chi connectivity index (χ2v) is 4.45. The Hall–Kier alpha value is -2.10. The number of aryl methyl sites for hydroxylation is 2. The van der Waals surface area contributed by atoms with Crippen LogP contribution in [0.4, 0.5) is 17.3 Å². The van der Waals surface area contributed by atoms with Gasteiger partial charge in [-0.1, -0.05) is 6.07 Å². The SMILES string of the molecule is CNc1ncnc(Nc2cc(C)cc(C)c2)c1C. The molecule has 2 rings (SSSR count). The number of nitrogens with zero attached hydrogens (tertiary/aromatic N) is 2. The molecule has 4 heteroatoms. The van der Waals surface area contributed by atoms with E-state index in [2.05, 4.69) is 52.6 Å². The minimum atomic E-state index is 0.833. The van der Waals surface area contributed by atoms with Crippen molar-refractivity contribution < 1.29 is 0 Å². The maximum Gasteiger partial charge on any atom is 0.138 e. The molecule has 1 heterocycles. The quantitative estimate of drug-likeness (QED) is 0.868. The van der Waals surface area contributed by atoms with E-state index in [1.807, 2.05) is 14.0 Å². The van der Waals surface area contributed by atoms with Crippen LogP contribution < -0.4 is 10.6 Å². The molecule has 0 saturated carbocycles. The smallest absolute Gasteiger partial charge is 0.138 e. The normalized spacial score (nSPS) is 10.2. The first-order valence-corrected chi connectivity index (χ1v) is 5.95. The average molecular weight is 242 g/mol. The second kappa shape index (κ2) is 5.04. The van der Waals surface area contributed by atoms with Crippen molar-refractivity contribution in [2.75, 3.05) is 17.7 Å². The minimum Gasteiger partial charge on any atom is -0.373 e. The number of nitrogens with one attached hydrogen (secondary N) is 2. The third kappa shape index (κ3) is 2.59. The Balaban J connectivity index is 2.34. The number of hydrogen-bond donors (Lipinski definition) is 2. The molecule has 0 aliphatic heterocycles. The van der Waals surface area contributed by atoms with E-state index in [9.17, 15) is 0 Å². The van der Waals surface area contributed by atoms with Crippen LogP contribution in [0.15, 0.2) is 24.5 Å². The Kier molecular flexibility index (Phi) is 3.46. The molecule has 4 nitrogen and oxygen atoms in total. The standard InChI is InChI=1S/C14H18N4/c1-9-5-10(2)7-12(6-9)18-14-11(3)13(15-4)16-8-17-14/h5-8H,1-4H3,(H2,15,16,17,18). The Labute approximate surface area is 107 Å². The predicted molar refractivity (Wildman–Crippen MR) is 75.5 cm³/mol. The van der Waals surface area contributed by atoms with Gasteiger partial charge in [-0.25, -0.2) is 9.97 Å². The Morgan fingerprint density at radius 1 is 0.889 bits per heavy atom. The fourth-order valence-corrected chi connectivity index (χ4v) is 2.01. The van der Waals surface area contributed by atoms with Crippen LogP contribution in [-0.2, 0) is 0 Å². The lowest BCUT2D eigenvalue weighted by Gasteiger charge is -2.12. The summed E-state index contributed by atoms with van der Waals surface area (Å²) in [7, 11) is 1.86. The highest BCUT2D eigenvalue weighted by Crippen LogP contribution is 2.23. The van der Waals surface area contributed by atoms with Gasteiger partial charge in [0.2, 0.25) is 0 Å². The zero-order valence-electron chi connectivity index (χ0n) is 11.2. The number of anilines is 3. The van der Waals surface area contributed by atoms with Crippen LogP contribution in [0.2, 0.25) is 0 Å². The molecule has 2 N–H and O–H groups in total. The van der Waals surface area contributed by atoms with Gasteiger partial charge >= 0.3 is 0 Å². The van der Waals surface area contributed by atoms with Crippen LogP contribution in [0.1, 0.15) is 16.7 Å². The van der Waals surface area contributed by atoms with E-state index in [1.165, 1.54) is 11.1 Å². The van der Waals surface area contributed by atoms with Crippen LogP contribution in [-0.4, -0.2) is 17.0 Å². The van der Waals surface area contributed by atoms with Gasteiger partial charge in [-0.05, 0) is 44.0 Å². The van der Waals surface area contributed by atoms with Crippen molar-refractivity contribution in [1.29, 1.82) is 0 Å². The maximum absolute atomic E-state index is 4.28. The summed E-state index contributed by atoms with van der Waals surface area (Å²) in [6.07, 6.45) is 1.56. The van der Waals surface area contributed by atoms with Crippen molar-refractivity contribution in [3.8, 4) is 0 Å². The number of aromatic nitrogens is 2. The maximum atomic E-state index is 4.28. The highest BCUT2D eigenvalue weighted by atomic mass is 15.1. The highest BCUT2D eigenvalue weighted by molar-refractivity contribution is 5.65. The van der Waals surface area contributed by atoms with Crippen LogP contribution >= 0.6 is 0 Å². The number of hydrogen-bond acceptors (Lipinski definition) is 4. The largest absolute Gasteiger partial charge is 0.373 e. The zero-order valence-corrected chi connectivity index (χ0v) is 11.2. The summed E-state index contributed by atoms with van der Waals surface area (Å²) < 4.78 is 0. The molecule has 1 aromatic heterocycles. The Morgan fingerprint density at radius 2 is 1.50 bits per heavy atom. The molecule has 2 aromatic rings. The lowest BCUT2D eigenvalue weighted by Crippen LogP contribution is -2.02. The van der Waals surface area contributed by atoms with Crippen LogP contribution in [0.25, 0.3) is 0 Å². The van der Waals surface area contributed by atoms with Gasteiger partial charge in [-0.3, -0.25) is 0 Å². The molecule has 0 aliphatic carbocycles. The second-order valence-electron chi connectivity index (χ2n) is 4.45. The fraction of sp³-hybridized carbons (Fsp3) is 0.286. The summed E-state index contributed by atoms with van der Waals surface area (Å²) in [6.45, 7) is 6.17. The molecule has 0 bridgehead atoms. The topological polar surface area (TPSA) is 49.8 Å². The van der Waals surface area contributed by atoms with Crippen LogP contribution in [0.5, 0.6) is 0 Å². The van der Waals surface area contributed by atoms with Crippen LogP contribution in [0, 0.1) is 20.8 Å². The van der Waals surface area contributed by atoms with Crippen LogP contribution in [0.3, 0.4) is 0 Å². The summed E-state index contributed by atoms with van der Waals surface area (Å²) >= 11 is 0. The average Bonchev–Trinajstić information content (AvgIpc) is 2.30. The van der Waals surface area contributed by atoms with Crippen molar-refractivity contribution in [2.45, 2.75) is 20.8 Å². The van der Waals surface area contributed by atoms with Gasteiger partial charge in [0.05, 0.1) is 0 Å². The summed E-state index contributed by atoms with van der Waals surface area (Å²) in [6, 6.07) is 6.36. The van der Waals surface area contributed by atoms with E-state index in [1.54, 1.807) is 6.33 Å². The van der Waals surface area contributed by atoms with E-state index in [0.29, 0.717) is 0 Å². The van der Waals surface area contributed by atoms with Gasteiger partial charge in [-0.2, -0.15) is 0 Å². The van der Waals surface area contributed by atoms with Gasteiger partial charge in [-0.15, -0.1) is 0 Å². The number of benzene rings is 1. The summed E-state index contributed by atoms with van der Waals surface area (Å²) in [5.41, 5.74) is 4.53. The summed E-state index contributed by atoms with van der Waals surface area (Å²) in [4.78, 5) is 8.45. The molecule has 18 heavy (non-hydrogen) atoms. The van der Waals surface area contributed by atoms with Gasteiger partial charge in [0.15, 0.2) is 0 Å². The molecule has 0 spiro atoms. The molecule has 0 radical (unpaired) electrons. The summed E-state index contributed by atoms with van der Waals surface area (Å²) in [5, 5.41) is 6.39. The molecule has 94 valence electrons. The molecule has 1 aromatic carbocycles. The Morgan fingerprint density at radius 3 is 2.11 bits per heavy atom. The van der Waals surface area contributed by atoms with E-state index in [0.717, 1.165) is 22.9 Å². The van der Waals surface area contributed by atoms with Gasteiger partial charge in [0, 0.05) is 18.3 Å². The first-order chi connectivity index (χ1) is 8.60. The third-order valence-corrected chi connectivity index (χ3v) is 2.81. The molecule has 0 fully saturated rings. The van der Waals surface area contributed by atoms with E-state index >= 15 is 0 Å². The van der Waals surface area contributed by atoms with E-state index in [-0.39, 0.29) is 0 Å². The highest BCUT2D eigenvalue weighted by Gasteiger charge is 2.06. The summed E-state index contributed by atoms with van der Waals surface area (Å²) in [5.74, 6) is 1.68. The number of rotatable bonds is 3. The molecule has 0 amide bonds. The van der Waals surface area contributed by atoms with Crippen molar-refractivity contribution in [3.63, 3.8) is 0 Å². The van der Waals surface area contributed by atoms with Crippen molar-refractivity contribution in [2.24, 2.45) is 0 Å². The first-order valence-electron chi connectivity index (χ1n) is 5.95. The first kappa shape index (κ1) is 12.4. The molecule has 0 atom stereocenters. The third-order valence-electron chi connectivity index (χ3n) is 2.81. The van der Waals surface area contributed by atoms with Crippen molar-refractivity contribution >= 4 is 17.3 Å². The molecular weight excluding hydrogens is 224 g/mol. The lowest BCUT2D eigenvalue weighted by molar-refractivity contribution is 1.12. The monoisotopic (exact) mass is 242 g/mol. The van der Waals surface area contributed by atoms with Gasteiger partial charge in [0.1, 0.15) is 18.0 Å². The molecular formula is C14H18N4. The van der Waals surface area contributed by atoms with Crippen molar-refractivity contribution in [1.82, 2.24) is 9.97 Å². The van der Waals surface area contributed by atoms with Gasteiger partial charge < -0.3 is 10.6 Å².